The van der Waals surface area contributed by atoms with Crippen LogP contribution in [0.4, 0.5) is 23.4 Å². The number of pyridine rings is 1. The number of nitrogens with one attached hydrogen (secondary N) is 2. The molecule has 2 aliphatic rings. The molecule has 0 saturated heterocycles. The number of imidazole rings is 1. The van der Waals surface area contributed by atoms with Gasteiger partial charge < -0.3 is 15.3 Å². The number of aromatic nitrogens is 8. The van der Waals surface area contributed by atoms with E-state index in [2.05, 4.69) is 30.5 Å². The van der Waals surface area contributed by atoms with E-state index in [1.165, 1.54) is 18.2 Å². The van der Waals surface area contributed by atoms with Gasteiger partial charge in [0.15, 0.2) is 11.5 Å². The minimum atomic E-state index is -4.67. The molecule has 216 valence electrons. The lowest BCUT2D eigenvalue weighted by molar-refractivity contribution is -0.141. The third-order valence-corrected chi connectivity index (χ3v) is 8.38. The number of anilines is 1. The number of halogens is 5. The van der Waals surface area contributed by atoms with Gasteiger partial charge in [0.25, 0.3) is 5.56 Å². The van der Waals surface area contributed by atoms with Gasteiger partial charge in [0, 0.05) is 39.2 Å². The number of nitrogens with two attached hydrogens (primary N) is 1. The summed E-state index contributed by atoms with van der Waals surface area (Å²) in [6, 6.07) is 12.5. The fourth-order valence-corrected chi connectivity index (χ4v) is 6.28. The molecule has 1 aliphatic heterocycles. The summed E-state index contributed by atoms with van der Waals surface area (Å²) in [7, 11) is 0. The molecule has 0 radical (unpaired) electrons. The van der Waals surface area contributed by atoms with Gasteiger partial charge in [0.1, 0.15) is 11.5 Å². The molecule has 8 rings (SSSR count). The van der Waals surface area contributed by atoms with Crippen LogP contribution in [0, 0.1) is 11.9 Å². The van der Waals surface area contributed by atoms with Crippen LogP contribution in [0.25, 0.3) is 39.0 Å². The maximum Gasteiger partial charge on any atom is 0.436 e. The van der Waals surface area contributed by atoms with Gasteiger partial charge in [-0.05, 0) is 54.3 Å². The second-order valence-electron chi connectivity index (χ2n) is 10.7. The molecule has 1 aliphatic carbocycles. The van der Waals surface area contributed by atoms with Gasteiger partial charge in [-0.25, -0.2) is 9.67 Å². The van der Waals surface area contributed by atoms with Crippen LogP contribution in [0.2, 0.25) is 5.02 Å². The number of fused-ring (bicyclic) bond motifs is 4. The third kappa shape index (κ3) is 3.96. The van der Waals surface area contributed by atoms with Crippen molar-refractivity contribution >= 4 is 28.3 Å². The van der Waals surface area contributed by atoms with Gasteiger partial charge in [-0.2, -0.15) is 22.7 Å². The van der Waals surface area contributed by atoms with Gasteiger partial charge >= 0.3 is 6.18 Å². The van der Waals surface area contributed by atoms with E-state index in [9.17, 15) is 18.0 Å². The average Bonchev–Trinajstić information content (AvgIpc) is 3.31. The van der Waals surface area contributed by atoms with E-state index in [0.717, 1.165) is 23.0 Å². The van der Waals surface area contributed by atoms with Crippen LogP contribution in [0.3, 0.4) is 0 Å². The molecule has 43 heavy (non-hydrogen) atoms. The van der Waals surface area contributed by atoms with Crippen molar-refractivity contribution in [3.05, 3.63) is 93.3 Å². The Morgan fingerprint density at radius 1 is 1.07 bits per heavy atom. The zero-order chi connectivity index (χ0) is 29.8. The van der Waals surface area contributed by atoms with E-state index in [1.54, 1.807) is 28.8 Å². The second-order valence-corrected chi connectivity index (χ2v) is 11.1. The molecule has 1 fully saturated rings. The Labute approximate surface area is 243 Å². The number of rotatable bonds is 4. The van der Waals surface area contributed by atoms with Crippen molar-refractivity contribution in [3.63, 3.8) is 0 Å². The lowest BCUT2D eigenvalue weighted by Gasteiger charge is -2.18. The number of benzene rings is 2. The molecule has 15 heteroatoms. The van der Waals surface area contributed by atoms with Crippen LogP contribution in [0.5, 0.6) is 0 Å². The van der Waals surface area contributed by atoms with Gasteiger partial charge in [-0.3, -0.25) is 9.89 Å². The van der Waals surface area contributed by atoms with Crippen LogP contribution in [-0.4, -0.2) is 39.7 Å². The fourth-order valence-electron chi connectivity index (χ4n) is 6.11. The third-order valence-electron chi connectivity index (χ3n) is 8.14. The molecule has 1 saturated carbocycles. The molecule has 5 heterocycles. The maximum atomic E-state index is 15.2. The monoisotopic (exact) mass is 607 g/mol. The van der Waals surface area contributed by atoms with Crippen molar-refractivity contribution in [3.8, 4) is 28.1 Å². The molecule has 0 amide bonds. The number of nitrogens with zero attached hydrogens (tertiary/aromatic N) is 6. The summed E-state index contributed by atoms with van der Waals surface area (Å²) in [6.07, 6.45) is -3.12. The first kappa shape index (κ1) is 25.7. The highest BCUT2D eigenvalue weighted by Crippen LogP contribution is 2.60. The number of nitrogen functional groups attached to an aromatic ring is 1. The van der Waals surface area contributed by atoms with Crippen molar-refractivity contribution in [2.24, 2.45) is 5.92 Å². The van der Waals surface area contributed by atoms with E-state index < -0.39 is 23.9 Å². The summed E-state index contributed by atoms with van der Waals surface area (Å²) in [4.78, 5) is 20.9. The first-order valence-corrected chi connectivity index (χ1v) is 13.5. The normalized spacial score (nSPS) is 19.1. The van der Waals surface area contributed by atoms with Crippen LogP contribution < -0.4 is 11.3 Å². The van der Waals surface area contributed by atoms with Crippen LogP contribution in [0.15, 0.2) is 59.5 Å². The second kappa shape index (κ2) is 8.77. The summed E-state index contributed by atoms with van der Waals surface area (Å²) in [5.74, 6) is 0.0186. The van der Waals surface area contributed by atoms with E-state index >= 15 is 4.39 Å². The maximum absolute atomic E-state index is 15.2. The minimum Gasteiger partial charge on any atom is -0.382 e. The summed E-state index contributed by atoms with van der Waals surface area (Å²) in [5, 5.41) is 14.7. The number of alkyl halides is 3. The Morgan fingerprint density at radius 3 is 2.70 bits per heavy atom. The predicted molar refractivity (Wildman–Crippen MR) is 148 cm³/mol. The van der Waals surface area contributed by atoms with Crippen LogP contribution >= 0.6 is 11.6 Å². The van der Waals surface area contributed by atoms with Gasteiger partial charge in [0.2, 0.25) is 5.95 Å². The minimum absolute atomic E-state index is 0.0275. The van der Waals surface area contributed by atoms with Crippen molar-refractivity contribution in [2.75, 3.05) is 5.73 Å². The van der Waals surface area contributed by atoms with E-state index in [4.69, 9.17) is 17.3 Å². The number of aromatic amines is 2. The lowest BCUT2D eigenvalue weighted by atomic mass is 10.0. The van der Waals surface area contributed by atoms with Gasteiger partial charge in [-0.1, -0.05) is 22.9 Å². The number of H-pyrrole nitrogens is 2. The van der Waals surface area contributed by atoms with Crippen molar-refractivity contribution in [1.29, 1.82) is 0 Å². The van der Waals surface area contributed by atoms with Gasteiger partial charge in [-0.15, -0.1) is 5.10 Å². The van der Waals surface area contributed by atoms with Crippen LogP contribution in [0.1, 0.15) is 35.6 Å². The predicted octanol–water partition coefficient (Wildman–Crippen LogP) is 5.46. The van der Waals surface area contributed by atoms with Crippen LogP contribution in [-0.2, 0) is 6.18 Å². The molecule has 4 aromatic heterocycles. The molecule has 0 spiro atoms. The SMILES string of the molecule is Nc1n[nH]c2cc(-c3[nH]c(C4C5CC5c5cc(-c6cc(Cl)ccc6-n6cc(C(F)(F)F)nn6)cc(=O)n54)nc3F)ccc12. The summed E-state index contributed by atoms with van der Waals surface area (Å²) < 4.78 is 57.4. The largest absolute Gasteiger partial charge is 0.436 e. The average molecular weight is 608 g/mol. The Balaban J connectivity index is 1.19. The number of hydrogen-bond donors (Lipinski definition) is 3. The highest BCUT2D eigenvalue weighted by Gasteiger charge is 2.54. The molecule has 4 N–H and O–H groups in total. The molecular weight excluding hydrogens is 590 g/mol. The standard InChI is InChI=1S/C28H18ClF4N9O/c29-13-2-4-19(41-10-21(38-40-41)28(31,32)33)15(8-13)12-6-20-16-9-17(16)24(42(20)22(43)7-12)27-35-23(25(30)36-27)11-1-3-14-18(5-11)37-39-26(14)34/h1-8,10,16-17,24H,9H2,(H,35,36)(H3,34,37,39). The zero-order valence-corrected chi connectivity index (χ0v) is 22.4. The van der Waals surface area contributed by atoms with Gasteiger partial charge in [0.05, 0.1) is 23.4 Å². The first-order chi connectivity index (χ1) is 20.6. The fraction of sp³-hybridized carbons (Fsp3) is 0.179. The molecule has 6 aromatic rings. The Morgan fingerprint density at radius 2 is 1.91 bits per heavy atom. The first-order valence-electron chi connectivity index (χ1n) is 13.1. The smallest absolute Gasteiger partial charge is 0.382 e. The topological polar surface area (TPSA) is 136 Å². The van der Waals surface area contributed by atoms with Crippen molar-refractivity contribution in [1.82, 2.24) is 39.7 Å². The van der Waals surface area contributed by atoms with E-state index in [0.29, 0.717) is 44.3 Å². The summed E-state index contributed by atoms with van der Waals surface area (Å²) in [6.45, 7) is 0. The van der Waals surface area contributed by atoms with E-state index in [-0.39, 0.29) is 28.8 Å². The summed E-state index contributed by atoms with van der Waals surface area (Å²) >= 11 is 6.26. The Kier molecular flexibility index (Phi) is 5.24. The molecular formula is C28H18ClF4N9O. The molecule has 2 aromatic carbocycles. The van der Waals surface area contributed by atoms with Crippen molar-refractivity contribution in [2.45, 2.75) is 24.6 Å². The lowest BCUT2D eigenvalue weighted by Crippen LogP contribution is -2.26. The Bertz CT molecular complexity index is 2160. The molecule has 10 nitrogen and oxygen atoms in total. The number of hydrogen-bond acceptors (Lipinski definition) is 6. The highest BCUT2D eigenvalue weighted by atomic mass is 35.5. The zero-order valence-electron chi connectivity index (χ0n) is 21.7. The van der Waals surface area contributed by atoms with E-state index in [1.807, 2.05) is 6.07 Å². The summed E-state index contributed by atoms with van der Waals surface area (Å²) in [5.41, 5.74) is 7.56. The molecule has 3 atom stereocenters. The quantitative estimate of drug-likeness (QED) is 0.228. The molecule has 0 bridgehead atoms. The van der Waals surface area contributed by atoms with Crippen molar-refractivity contribution < 1.29 is 17.6 Å². The highest BCUT2D eigenvalue weighted by molar-refractivity contribution is 6.31. The molecule has 3 unspecified atom stereocenters. The Hall–Kier alpha value is -4.98.